The molecule has 0 atom stereocenters. The normalized spacial score (nSPS) is 9.22. The third kappa shape index (κ3) is 16.3. The molecule has 0 heterocycles. The van der Waals surface area contributed by atoms with E-state index in [0.29, 0.717) is 6.61 Å². The van der Waals surface area contributed by atoms with Crippen molar-refractivity contribution in [2.45, 2.75) is 26.7 Å². The molecule has 0 fully saturated rings. The van der Waals surface area contributed by atoms with Crippen molar-refractivity contribution in [2.24, 2.45) is 0 Å². The van der Waals surface area contributed by atoms with Gasteiger partial charge in [-0.05, 0) is 13.3 Å². The monoisotopic (exact) mass is 258 g/mol. The lowest BCUT2D eigenvalue weighted by Gasteiger charge is -1.97. The Morgan fingerprint density at radius 2 is 1.72 bits per heavy atom. The lowest BCUT2D eigenvalue weighted by atomic mass is 10.4. The number of rotatable bonds is 6. The van der Waals surface area contributed by atoms with Crippen LogP contribution in [0, 0.1) is 0 Å². The first-order chi connectivity index (χ1) is 8.31. The van der Waals surface area contributed by atoms with Crippen molar-refractivity contribution in [1.82, 2.24) is 0 Å². The third-order valence-electron chi connectivity index (χ3n) is 1.47. The number of carboxylic acids is 2. The molecule has 0 rings (SSSR count). The number of carbonyl (C=O) groups is 3. The number of hydrogen-bond donors (Lipinski definition) is 2. The molecule has 0 amide bonds. The molecule has 0 aliphatic carbocycles. The van der Waals surface area contributed by atoms with Crippen LogP contribution in [0.15, 0.2) is 24.3 Å². The fourth-order valence-corrected chi connectivity index (χ4v) is 0.505. The molecule has 102 valence electrons. The van der Waals surface area contributed by atoms with E-state index in [1.807, 2.05) is 6.92 Å². The molecule has 0 aromatic rings. The maximum atomic E-state index is 10.6. The summed E-state index contributed by atoms with van der Waals surface area (Å²) < 4.78 is 4.64. The molecule has 0 spiro atoms. The Morgan fingerprint density at radius 3 is 2.06 bits per heavy atom. The molecule has 0 aliphatic heterocycles. The molecule has 18 heavy (non-hydrogen) atoms. The zero-order valence-corrected chi connectivity index (χ0v) is 10.5. The van der Waals surface area contributed by atoms with E-state index in [2.05, 4.69) is 11.3 Å². The lowest BCUT2D eigenvalue weighted by Crippen LogP contribution is -2.02. The number of unbranched alkanes of at least 4 members (excludes halogenated alkanes) is 1. The van der Waals surface area contributed by atoms with Crippen LogP contribution in [0.25, 0.3) is 0 Å². The Bertz CT molecular complexity index is 317. The highest BCUT2D eigenvalue weighted by Crippen LogP contribution is 1.89. The molecule has 6 heteroatoms. The molecule has 6 nitrogen and oxygen atoms in total. The van der Waals surface area contributed by atoms with Crippen LogP contribution in [0.1, 0.15) is 26.7 Å². The van der Waals surface area contributed by atoms with E-state index >= 15 is 0 Å². The van der Waals surface area contributed by atoms with Crippen LogP contribution in [-0.4, -0.2) is 34.7 Å². The topological polar surface area (TPSA) is 101 Å². The van der Waals surface area contributed by atoms with E-state index in [1.165, 1.54) is 6.92 Å². The number of hydrogen-bond acceptors (Lipinski definition) is 4. The van der Waals surface area contributed by atoms with Gasteiger partial charge in [-0.2, -0.15) is 0 Å². The molecular formula is C12H18O6. The van der Waals surface area contributed by atoms with Crippen molar-refractivity contribution in [3.8, 4) is 0 Å². The van der Waals surface area contributed by atoms with Gasteiger partial charge in [-0.25, -0.2) is 14.4 Å². The van der Waals surface area contributed by atoms with E-state index in [9.17, 15) is 14.4 Å². The predicted molar refractivity (Wildman–Crippen MR) is 65.1 cm³/mol. The molecule has 0 aromatic carbocycles. The maximum Gasteiger partial charge on any atom is 0.331 e. The molecule has 2 N–H and O–H groups in total. The first-order valence-corrected chi connectivity index (χ1v) is 5.27. The second-order valence-electron chi connectivity index (χ2n) is 3.28. The van der Waals surface area contributed by atoms with Gasteiger partial charge in [0.1, 0.15) is 0 Å². The van der Waals surface area contributed by atoms with Gasteiger partial charge in [0, 0.05) is 17.7 Å². The quantitative estimate of drug-likeness (QED) is 0.426. The van der Waals surface area contributed by atoms with E-state index in [1.54, 1.807) is 0 Å². The van der Waals surface area contributed by atoms with Crippen molar-refractivity contribution in [3.63, 3.8) is 0 Å². The summed E-state index contributed by atoms with van der Waals surface area (Å²) in [5.41, 5.74) is 0.176. The summed E-state index contributed by atoms with van der Waals surface area (Å²) in [5.74, 6) is -2.69. The van der Waals surface area contributed by atoms with Crippen LogP contribution >= 0.6 is 0 Å². The van der Waals surface area contributed by atoms with Gasteiger partial charge >= 0.3 is 17.9 Å². The Balaban J connectivity index is 0. The second-order valence-corrected chi connectivity index (χ2v) is 3.28. The smallest absolute Gasteiger partial charge is 0.331 e. The molecule has 0 radical (unpaired) electrons. The van der Waals surface area contributed by atoms with Gasteiger partial charge in [-0.1, -0.05) is 19.9 Å². The van der Waals surface area contributed by atoms with Crippen molar-refractivity contribution < 1.29 is 29.3 Å². The Kier molecular flexibility index (Phi) is 11.5. The van der Waals surface area contributed by atoms with Crippen molar-refractivity contribution in [3.05, 3.63) is 24.3 Å². The highest BCUT2D eigenvalue weighted by Gasteiger charge is 1.96. The lowest BCUT2D eigenvalue weighted by molar-refractivity contribution is -0.138. The Labute approximate surface area is 106 Å². The molecule has 0 bridgehead atoms. The first kappa shape index (κ1) is 18.3. The van der Waals surface area contributed by atoms with Crippen LogP contribution in [0.5, 0.6) is 0 Å². The van der Waals surface area contributed by atoms with Crippen LogP contribution in [0.2, 0.25) is 0 Å². The molecular weight excluding hydrogens is 240 g/mol. The summed E-state index contributed by atoms with van der Waals surface area (Å²) in [6.45, 7) is 6.92. The minimum absolute atomic E-state index is 0.176. The minimum Gasteiger partial charge on any atom is -0.478 e. The number of carbonyl (C=O) groups excluding carboxylic acids is 1. The zero-order chi connectivity index (χ0) is 14.6. The zero-order valence-electron chi connectivity index (χ0n) is 10.5. The second kappa shape index (κ2) is 11.4. The highest BCUT2D eigenvalue weighted by molar-refractivity contribution is 5.90. The average Bonchev–Trinajstić information content (AvgIpc) is 2.27. The van der Waals surface area contributed by atoms with E-state index in [4.69, 9.17) is 10.2 Å². The van der Waals surface area contributed by atoms with Crippen LogP contribution in [0.4, 0.5) is 0 Å². The fourth-order valence-electron chi connectivity index (χ4n) is 0.505. The number of esters is 1. The number of ether oxygens (including phenoxy) is 1. The summed E-state index contributed by atoms with van der Waals surface area (Å²) in [4.78, 5) is 30.2. The van der Waals surface area contributed by atoms with Gasteiger partial charge in [-0.3, -0.25) is 0 Å². The summed E-state index contributed by atoms with van der Waals surface area (Å²) in [5, 5.41) is 16.0. The molecule has 0 aliphatic rings. The summed E-state index contributed by atoms with van der Waals surface area (Å²) >= 11 is 0. The standard InChI is InChI=1S/C8H12O4.C4H6O2/c1-2-3-6-12-8(11)5-4-7(9)10;1-3(2)4(5)6/h4-5H,2-3,6H2,1H3,(H,9,10);1H2,2H3,(H,5,6). The van der Waals surface area contributed by atoms with Gasteiger partial charge in [0.15, 0.2) is 0 Å². The SMILES string of the molecule is C=C(C)C(=O)O.CCCCOC(=O)C=CC(=O)O. The molecule has 0 saturated carbocycles. The third-order valence-corrected chi connectivity index (χ3v) is 1.47. The van der Waals surface area contributed by atoms with Crippen LogP contribution in [0.3, 0.4) is 0 Å². The van der Waals surface area contributed by atoms with Crippen LogP contribution in [-0.2, 0) is 19.1 Å². The van der Waals surface area contributed by atoms with Crippen LogP contribution < -0.4 is 0 Å². The summed E-state index contributed by atoms with van der Waals surface area (Å²) in [6, 6.07) is 0. The Hall–Kier alpha value is -2.11. The number of carboxylic acid groups (broad SMARTS) is 2. The van der Waals surface area contributed by atoms with E-state index in [0.717, 1.165) is 25.0 Å². The molecule has 0 unspecified atom stereocenters. The first-order valence-electron chi connectivity index (χ1n) is 5.27. The van der Waals surface area contributed by atoms with Gasteiger partial charge in [0.2, 0.25) is 0 Å². The van der Waals surface area contributed by atoms with E-state index in [-0.39, 0.29) is 5.57 Å². The van der Waals surface area contributed by atoms with Crippen molar-refractivity contribution in [2.75, 3.05) is 6.61 Å². The summed E-state index contributed by atoms with van der Waals surface area (Å²) in [6.07, 6.45) is 3.40. The maximum absolute atomic E-state index is 10.6. The van der Waals surface area contributed by atoms with E-state index < -0.39 is 17.9 Å². The largest absolute Gasteiger partial charge is 0.478 e. The van der Waals surface area contributed by atoms with Gasteiger partial charge in [0.25, 0.3) is 0 Å². The average molecular weight is 258 g/mol. The Morgan fingerprint density at radius 1 is 1.22 bits per heavy atom. The van der Waals surface area contributed by atoms with Gasteiger partial charge in [0.05, 0.1) is 6.61 Å². The minimum atomic E-state index is -1.15. The predicted octanol–water partition coefficient (Wildman–Crippen LogP) is 1.62. The van der Waals surface area contributed by atoms with Crippen molar-refractivity contribution >= 4 is 17.9 Å². The van der Waals surface area contributed by atoms with Gasteiger partial charge in [-0.15, -0.1) is 0 Å². The number of aliphatic carboxylic acids is 2. The molecule has 0 aromatic heterocycles. The summed E-state index contributed by atoms with van der Waals surface area (Å²) in [7, 11) is 0. The molecule has 0 saturated heterocycles. The van der Waals surface area contributed by atoms with Gasteiger partial charge < -0.3 is 14.9 Å². The fraction of sp³-hybridized carbons (Fsp3) is 0.417. The highest BCUT2D eigenvalue weighted by atomic mass is 16.5. The van der Waals surface area contributed by atoms with Crippen molar-refractivity contribution in [1.29, 1.82) is 0 Å².